The lowest BCUT2D eigenvalue weighted by Crippen LogP contribution is -2.50. The number of benzene rings is 3. The Balaban J connectivity index is 0.00000160. The number of hydrogen-bond donors (Lipinski definition) is 4. The van der Waals surface area contributed by atoms with Gasteiger partial charge in [0.15, 0.2) is 0 Å². The molecule has 0 radical (unpaired) electrons. The number of nitrogens with one attached hydrogen (secondary N) is 4. The van der Waals surface area contributed by atoms with E-state index < -0.39 is 113 Å². The monoisotopic (exact) mass is 2030 g/mol. The van der Waals surface area contributed by atoms with E-state index in [2.05, 4.69) is 98.9 Å². The topological polar surface area (TPSA) is 538 Å². The van der Waals surface area contributed by atoms with Gasteiger partial charge in [-0.2, -0.15) is 19.0 Å². The number of allylic oxidation sites excluding steroid dienone is 3. The van der Waals surface area contributed by atoms with Crippen molar-refractivity contribution in [1.82, 2.24) is 66.5 Å². The molecule has 0 spiro atoms. The number of dihydropyridines is 1. The lowest BCUT2D eigenvalue weighted by molar-refractivity contribution is -0.169. The van der Waals surface area contributed by atoms with E-state index >= 15 is 0 Å². The molecule has 3 aromatic carbocycles. The van der Waals surface area contributed by atoms with Gasteiger partial charge in [-0.1, -0.05) is 137 Å². The molecule has 1 saturated heterocycles. The fourth-order valence-corrected chi connectivity index (χ4v) is 12.1. The third-order valence-corrected chi connectivity index (χ3v) is 17.7. The van der Waals surface area contributed by atoms with Crippen LogP contribution in [0.5, 0.6) is 5.75 Å². The van der Waals surface area contributed by atoms with Crippen LogP contribution in [0.25, 0.3) is 10.9 Å². The second-order valence-corrected chi connectivity index (χ2v) is 31.0. The maximum absolute atomic E-state index is 13.0. The Morgan fingerprint density at radius 2 is 0.951 bits per heavy atom. The molecule has 4 aromatic heterocycles. The molecule has 2 fully saturated rings. The fraction of sp³-hybridized carbons (Fsp3) is 0.484. The molecule has 5 aliphatic heterocycles. The van der Waals surface area contributed by atoms with E-state index in [0.29, 0.717) is 84.8 Å². The molecule has 52 heteroatoms. The summed E-state index contributed by atoms with van der Waals surface area (Å²) in [6.07, 6.45) is 7.07. The van der Waals surface area contributed by atoms with Crippen LogP contribution in [-0.4, -0.2) is 184 Å². The smallest absolute Gasteiger partial charge is 0.431 e. The third-order valence-electron chi connectivity index (χ3n) is 17.7. The summed E-state index contributed by atoms with van der Waals surface area (Å²) in [6, 6.07) is 21.3. The van der Waals surface area contributed by atoms with Gasteiger partial charge in [0.25, 0.3) is 11.5 Å². The highest BCUT2D eigenvalue weighted by Gasteiger charge is 2.56. The number of para-hydroxylation sites is 1. The number of pyridine rings is 2. The zero-order chi connectivity index (χ0) is 99.2. The molecule has 47 nitrogen and oxygen atoms in total. The number of halogens is 5. The number of aryl methyl sites for hydroxylation is 1. The molecule has 8 aliphatic rings. The molecule has 3 aliphatic carbocycles. The van der Waals surface area contributed by atoms with Crippen LogP contribution < -0.4 is 63.0 Å². The lowest BCUT2D eigenvalue weighted by Gasteiger charge is -2.27. The van der Waals surface area contributed by atoms with E-state index in [1.54, 1.807) is 182 Å². The predicted molar refractivity (Wildman–Crippen MR) is 508 cm³/mol. The van der Waals surface area contributed by atoms with Gasteiger partial charge in [-0.15, -0.1) is 26.0 Å². The average Bonchev–Trinajstić information content (AvgIpc) is 1.58. The van der Waals surface area contributed by atoms with Gasteiger partial charge in [-0.25, -0.2) is 56.5 Å². The van der Waals surface area contributed by atoms with Gasteiger partial charge in [0.05, 0.1) is 89.1 Å². The van der Waals surface area contributed by atoms with Gasteiger partial charge in [0.1, 0.15) is 11.6 Å². The van der Waals surface area contributed by atoms with Crippen LogP contribution >= 0.6 is 0 Å². The molecule has 6 atom stereocenters. The van der Waals surface area contributed by atoms with E-state index in [9.17, 15) is 84.3 Å². The minimum Gasteiger partial charge on any atom is -0.431 e. The molecular formula is C91H130F5N19O28. The summed E-state index contributed by atoms with van der Waals surface area (Å²) in [5.74, 6) is -12.3. The summed E-state index contributed by atoms with van der Waals surface area (Å²) in [6.45, 7) is 27.2. The molecule has 9 heterocycles. The van der Waals surface area contributed by atoms with E-state index in [1.165, 1.54) is 36.3 Å². The highest BCUT2D eigenvalue weighted by Crippen LogP contribution is 2.52. The van der Waals surface area contributed by atoms with Crippen LogP contribution in [0.15, 0.2) is 145 Å². The van der Waals surface area contributed by atoms with Gasteiger partial charge in [0.2, 0.25) is 46.8 Å². The van der Waals surface area contributed by atoms with Crippen molar-refractivity contribution in [2.45, 2.75) is 257 Å². The van der Waals surface area contributed by atoms with E-state index in [4.69, 9.17) is 47.9 Å². The SMILES string of the molecule is C.C.C.C.C.C.C.C.CC(C)C(=O)ON1NNc2cccnc21.CC(C)OC(=O)ON1CC2C3C=CC(C3)C2C1=O.CC(C)OC(=O)ON1N=NC2C=CC=NC21.CC(C)OC(=O)ON1NNc2ccccc2C1=O.CC(C)OC(=O)Oc1c(F)c(F)c(F)c(F)c1F.CC(C)OC(=O)On1ccccc1=O.CC(C)OC(=O)On1nnc2c(c1=O)CCCC2.CC(C)OC(=O)On1nnc2ccccc2c1=O. The minimum absolute atomic E-state index is 0. The number of carbonyl (C=O) groups excluding carboxylic acids is 10. The molecule has 2 bridgehead atoms. The largest absolute Gasteiger partial charge is 0.535 e. The predicted octanol–water partition coefficient (Wildman–Crippen LogP) is 16.0. The number of ether oxygens (including phenoxy) is 8. The highest BCUT2D eigenvalue weighted by atomic mass is 19.2. The Kier molecular flexibility index (Phi) is 53.9. The number of rotatable bonds is 16. The van der Waals surface area contributed by atoms with Crippen LogP contribution in [-0.2, 0) is 74.9 Å². The maximum Gasteiger partial charge on any atom is 0.535 e. The molecule has 4 N–H and O–H groups in total. The number of nitrogens with zero attached hydrogens (tertiary/aromatic N) is 15. The first-order valence-corrected chi connectivity index (χ1v) is 41.5. The summed E-state index contributed by atoms with van der Waals surface area (Å²) in [5.41, 5.74) is 12.7. The molecule has 792 valence electrons. The first-order valence-electron chi connectivity index (χ1n) is 41.5. The fourth-order valence-electron chi connectivity index (χ4n) is 12.1. The summed E-state index contributed by atoms with van der Waals surface area (Å²) in [4.78, 5) is 191. The van der Waals surface area contributed by atoms with Gasteiger partial charge in [0, 0.05) is 30.2 Å². The number of aromatic nitrogens is 8. The van der Waals surface area contributed by atoms with Crippen molar-refractivity contribution in [3.63, 3.8) is 0 Å². The molecule has 1 saturated carbocycles. The Hall–Kier alpha value is -15.5. The maximum atomic E-state index is 13.0. The Bertz CT molecular complexity index is 5660. The second-order valence-electron chi connectivity index (χ2n) is 31.0. The highest BCUT2D eigenvalue weighted by molar-refractivity contribution is 6.00. The summed E-state index contributed by atoms with van der Waals surface area (Å²) < 4.78 is 102. The van der Waals surface area contributed by atoms with Gasteiger partial charge >= 0.3 is 66.1 Å². The Morgan fingerprint density at radius 1 is 0.469 bits per heavy atom. The van der Waals surface area contributed by atoms with Gasteiger partial charge < -0.3 is 53.0 Å². The van der Waals surface area contributed by atoms with Crippen LogP contribution in [0, 0.1) is 58.7 Å². The first-order chi connectivity index (χ1) is 64.0. The number of fused-ring (bicyclic) bond motifs is 10. The number of carbonyl (C=O) groups is 10. The second kappa shape index (κ2) is 60.5. The van der Waals surface area contributed by atoms with Crippen LogP contribution in [0.1, 0.15) is 211 Å². The Morgan fingerprint density at radius 3 is 1.52 bits per heavy atom. The van der Waals surface area contributed by atoms with Crippen molar-refractivity contribution in [2.24, 2.45) is 44.9 Å². The van der Waals surface area contributed by atoms with Crippen molar-refractivity contribution in [1.29, 1.82) is 0 Å². The van der Waals surface area contributed by atoms with E-state index in [1.807, 2.05) is 12.1 Å². The van der Waals surface area contributed by atoms with Crippen LogP contribution in [0.2, 0.25) is 0 Å². The van der Waals surface area contributed by atoms with Gasteiger partial charge in [-0.3, -0.25) is 58.6 Å². The minimum atomic E-state index is -2.34. The average molecular weight is 2030 g/mol. The van der Waals surface area contributed by atoms with Crippen molar-refractivity contribution in [3.8, 4) is 5.75 Å². The number of hydrogen-bond acceptors (Lipinski definition) is 42. The van der Waals surface area contributed by atoms with Crippen molar-refractivity contribution < 1.29 is 142 Å². The quantitative estimate of drug-likeness (QED) is 0.0102. The van der Waals surface area contributed by atoms with E-state index in [-0.39, 0.29) is 126 Å². The first kappa shape index (κ1) is 127. The number of hydrazine groups is 4. The van der Waals surface area contributed by atoms with Crippen molar-refractivity contribution >= 4 is 95.2 Å². The van der Waals surface area contributed by atoms with Crippen molar-refractivity contribution in [2.75, 3.05) is 22.6 Å². The van der Waals surface area contributed by atoms with Gasteiger partial charge in [-0.05, 0) is 221 Å². The number of aliphatic imine (C=N–C) groups is 1. The summed E-state index contributed by atoms with van der Waals surface area (Å²) in [5, 5.41) is 26.7. The standard InChI is InChI=1S/C13H17NO4.C11H15N3O4.C11H13N3O4.C11H11N3O4.C10H7F5O3.C9H12N4O3.C9H12N4O2.C9H11NO4.8CH4/c1-7(2)17-13(16)18-14-6-10-8-3-4-9(5-8)11(10)12(14)15;3*1-7(2)17-11(16)18-14-10(15)8-5-3-4-6-9(8)12-13-14;1-3(2)17-10(16)18-9-7(14)5(12)4(11)6(13)8(9)15;1-6(2)15-9(14)16-13-8-7(11-12-13)4-3-5-10-8;1-6(2)9(14)15-13-8-7(11-12-13)4-3-5-10-8;1-7(2)13-9(12)14-10-6-4-3-5-8(10)11;;;;;;;;/h3-4,7-11H,5-6H2,1-2H3;7H,3-6H2,1-2H3;3-7,12-13H,1-2H3;3-7H,1-2H3;3H,1-2H3;3-8H,1-2H3;3-6,11-12H,1-2H3;3-7H,1-2H3;8*1H4. The summed E-state index contributed by atoms with van der Waals surface area (Å²) >= 11 is 0. The van der Waals surface area contributed by atoms with Crippen LogP contribution in [0.3, 0.4) is 0 Å². The normalized spacial score (nSPS) is 16.1. The molecule has 143 heavy (non-hydrogen) atoms. The molecule has 2 amide bonds. The summed E-state index contributed by atoms with van der Waals surface area (Å²) in [7, 11) is 0. The molecular weight excluding hydrogens is 1900 g/mol. The number of anilines is 3. The third kappa shape index (κ3) is 37.5. The lowest BCUT2D eigenvalue weighted by atomic mass is 9.86. The molecule has 15 rings (SSSR count). The van der Waals surface area contributed by atoms with E-state index in [0.717, 1.165) is 41.3 Å². The number of hydroxylamine groups is 4. The zero-order valence-corrected chi connectivity index (χ0v) is 75.4. The van der Waals surface area contributed by atoms with Crippen molar-refractivity contribution in [3.05, 3.63) is 193 Å². The molecule has 6 unspecified atom stereocenters. The zero-order valence-electron chi connectivity index (χ0n) is 75.4. The van der Waals surface area contributed by atoms with Crippen LogP contribution in [0.4, 0.5) is 72.7 Å². The Labute approximate surface area is 823 Å². The number of amides is 2. The molecule has 7 aromatic rings.